The zero-order valence-electron chi connectivity index (χ0n) is 9.07. The summed E-state index contributed by atoms with van der Waals surface area (Å²) < 4.78 is 0. The second-order valence-electron chi connectivity index (χ2n) is 3.86. The molecule has 0 bridgehead atoms. The predicted octanol–water partition coefficient (Wildman–Crippen LogP) is 3.00. The van der Waals surface area contributed by atoms with Gasteiger partial charge in [0, 0.05) is 5.56 Å². The van der Waals surface area contributed by atoms with Crippen LogP contribution in [0.3, 0.4) is 0 Å². The zero-order chi connectivity index (χ0) is 11.5. The monoisotopic (exact) mass is 212 g/mol. The molecule has 0 saturated carbocycles. The minimum absolute atomic E-state index is 0.0155. The molecule has 0 atom stereocenters. The number of benzene rings is 2. The molecule has 2 rings (SSSR count). The van der Waals surface area contributed by atoms with Gasteiger partial charge in [-0.25, -0.2) is 0 Å². The number of carbonyl (C=O) groups excluding carboxylic acids is 2. The van der Waals surface area contributed by atoms with Gasteiger partial charge < -0.3 is 0 Å². The molecule has 0 spiro atoms. The highest BCUT2D eigenvalue weighted by Gasteiger charge is 2.08. The van der Waals surface area contributed by atoms with E-state index in [4.69, 9.17) is 0 Å². The van der Waals surface area contributed by atoms with Gasteiger partial charge in [-0.2, -0.15) is 0 Å². The van der Waals surface area contributed by atoms with Crippen molar-refractivity contribution in [2.24, 2.45) is 0 Å². The van der Waals surface area contributed by atoms with Crippen LogP contribution >= 0.6 is 0 Å². The maximum atomic E-state index is 11.7. The van der Waals surface area contributed by atoms with Crippen LogP contribution in [0.25, 0.3) is 10.8 Å². The van der Waals surface area contributed by atoms with Crippen LogP contribution in [0, 0.1) is 0 Å². The fraction of sp³-hybridized carbons (Fsp3) is 0.143. The van der Waals surface area contributed by atoms with Crippen molar-refractivity contribution in [3.8, 4) is 0 Å². The van der Waals surface area contributed by atoms with Gasteiger partial charge in [0.1, 0.15) is 5.78 Å². The predicted molar refractivity (Wildman–Crippen MR) is 63.6 cm³/mol. The largest absolute Gasteiger partial charge is 0.300 e. The Labute approximate surface area is 93.9 Å². The van der Waals surface area contributed by atoms with Crippen molar-refractivity contribution in [2.75, 3.05) is 0 Å². The van der Waals surface area contributed by atoms with Crippen LogP contribution in [0.4, 0.5) is 0 Å². The molecule has 2 aromatic carbocycles. The lowest BCUT2D eigenvalue weighted by Gasteiger charge is -2.01. The normalized spacial score (nSPS) is 10.3. The van der Waals surface area contributed by atoms with E-state index in [1.54, 1.807) is 6.07 Å². The smallest absolute Gasteiger partial charge is 0.170 e. The lowest BCUT2D eigenvalue weighted by Crippen LogP contribution is -2.04. The molecule has 0 unspecified atom stereocenters. The van der Waals surface area contributed by atoms with Crippen molar-refractivity contribution >= 4 is 22.3 Å². The van der Waals surface area contributed by atoms with Gasteiger partial charge >= 0.3 is 0 Å². The highest BCUT2D eigenvalue weighted by molar-refractivity contribution is 6.08. The van der Waals surface area contributed by atoms with Crippen molar-refractivity contribution in [3.63, 3.8) is 0 Å². The van der Waals surface area contributed by atoms with E-state index >= 15 is 0 Å². The third-order valence-corrected chi connectivity index (χ3v) is 2.48. The molecule has 80 valence electrons. The zero-order valence-corrected chi connectivity index (χ0v) is 9.07. The summed E-state index contributed by atoms with van der Waals surface area (Å²) in [4.78, 5) is 22.5. The van der Waals surface area contributed by atoms with Crippen LogP contribution in [0.5, 0.6) is 0 Å². The lowest BCUT2D eigenvalue weighted by atomic mass is 10.0. The highest BCUT2D eigenvalue weighted by Crippen LogP contribution is 2.16. The SMILES string of the molecule is CC(=O)CC(=O)c1ccc2ccccc2c1. The molecule has 2 aromatic rings. The Bertz CT molecular complexity index is 555. The van der Waals surface area contributed by atoms with Gasteiger partial charge in [-0.3, -0.25) is 9.59 Å². The van der Waals surface area contributed by atoms with Gasteiger partial charge in [0.25, 0.3) is 0 Å². The maximum Gasteiger partial charge on any atom is 0.170 e. The van der Waals surface area contributed by atoms with Crippen LogP contribution in [0.2, 0.25) is 0 Å². The summed E-state index contributed by atoms with van der Waals surface area (Å²) in [5.41, 5.74) is 0.605. The van der Waals surface area contributed by atoms with Gasteiger partial charge in [-0.15, -0.1) is 0 Å². The Morgan fingerprint density at radius 1 is 1.00 bits per heavy atom. The Balaban J connectivity index is 2.39. The molecule has 0 heterocycles. The third kappa shape index (κ3) is 2.16. The Morgan fingerprint density at radius 3 is 2.38 bits per heavy atom. The van der Waals surface area contributed by atoms with E-state index in [9.17, 15) is 9.59 Å². The molecule has 0 radical (unpaired) electrons. The van der Waals surface area contributed by atoms with Crippen LogP contribution in [-0.4, -0.2) is 11.6 Å². The highest BCUT2D eigenvalue weighted by atomic mass is 16.1. The first-order chi connectivity index (χ1) is 7.66. The first-order valence-electron chi connectivity index (χ1n) is 5.18. The average molecular weight is 212 g/mol. The van der Waals surface area contributed by atoms with Crippen molar-refractivity contribution in [1.29, 1.82) is 0 Å². The number of hydrogen-bond acceptors (Lipinski definition) is 2. The first-order valence-corrected chi connectivity index (χ1v) is 5.18. The van der Waals surface area contributed by atoms with E-state index in [-0.39, 0.29) is 18.0 Å². The Morgan fingerprint density at radius 2 is 1.69 bits per heavy atom. The molecule has 0 aromatic heterocycles. The molecule has 2 nitrogen and oxygen atoms in total. The topological polar surface area (TPSA) is 34.1 Å². The van der Waals surface area contributed by atoms with E-state index < -0.39 is 0 Å². The van der Waals surface area contributed by atoms with Gasteiger partial charge in [0.15, 0.2) is 5.78 Å². The van der Waals surface area contributed by atoms with E-state index in [2.05, 4.69) is 0 Å². The van der Waals surface area contributed by atoms with E-state index in [0.717, 1.165) is 10.8 Å². The summed E-state index contributed by atoms with van der Waals surface area (Å²) in [5, 5.41) is 2.12. The van der Waals surface area contributed by atoms with E-state index in [1.165, 1.54) is 6.92 Å². The average Bonchev–Trinajstić information content (AvgIpc) is 2.27. The molecule has 16 heavy (non-hydrogen) atoms. The Hall–Kier alpha value is -1.96. The molecule has 0 fully saturated rings. The first kappa shape index (κ1) is 10.6. The number of ketones is 2. The fourth-order valence-electron chi connectivity index (χ4n) is 1.69. The maximum absolute atomic E-state index is 11.7. The molecule has 2 heteroatoms. The van der Waals surface area contributed by atoms with E-state index in [1.807, 2.05) is 36.4 Å². The summed E-state index contributed by atoms with van der Waals surface area (Å²) in [6.07, 6.45) is -0.0155. The second-order valence-corrected chi connectivity index (χ2v) is 3.86. The number of rotatable bonds is 3. The molecular weight excluding hydrogens is 200 g/mol. The lowest BCUT2D eigenvalue weighted by molar-refractivity contribution is -0.116. The van der Waals surface area contributed by atoms with Crippen LogP contribution < -0.4 is 0 Å². The molecule has 0 saturated heterocycles. The second kappa shape index (κ2) is 4.27. The fourth-order valence-corrected chi connectivity index (χ4v) is 1.69. The van der Waals surface area contributed by atoms with Crippen LogP contribution in [0.15, 0.2) is 42.5 Å². The molecular formula is C14H12O2. The minimum Gasteiger partial charge on any atom is -0.300 e. The number of Topliss-reactive ketones (excluding diaryl/α,β-unsaturated/α-hetero) is 2. The van der Waals surface area contributed by atoms with Crippen molar-refractivity contribution < 1.29 is 9.59 Å². The van der Waals surface area contributed by atoms with E-state index in [0.29, 0.717) is 5.56 Å². The quantitative estimate of drug-likeness (QED) is 0.579. The third-order valence-electron chi connectivity index (χ3n) is 2.48. The van der Waals surface area contributed by atoms with Crippen molar-refractivity contribution in [2.45, 2.75) is 13.3 Å². The summed E-state index contributed by atoms with van der Waals surface area (Å²) in [6, 6.07) is 13.4. The standard InChI is InChI=1S/C14H12O2/c1-10(15)8-14(16)13-7-6-11-4-2-3-5-12(11)9-13/h2-7,9H,8H2,1H3. The van der Waals surface area contributed by atoms with Crippen LogP contribution in [-0.2, 0) is 4.79 Å². The van der Waals surface area contributed by atoms with Crippen LogP contribution in [0.1, 0.15) is 23.7 Å². The summed E-state index contributed by atoms with van der Waals surface area (Å²) in [6.45, 7) is 1.43. The van der Waals surface area contributed by atoms with Gasteiger partial charge in [0.05, 0.1) is 6.42 Å². The number of fused-ring (bicyclic) bond motifs is 1. The van der Waals surface area contributed by atoms with Crippen molar-refractivity contribution in [3.05, 3.63) is 48.0 Å². The summed E-state index contributed by atoms with van der Waals surface area (Å²) in [5.74, 6) is -0.212. The Kier molecular flexibility index (Phi) is 2.82. The van der Waals surface area contributed by atoms with Gasteiger partial charge in [-0.05, 0) is 23.8 Å². The number of carbonyl (C=O) groups is 2. The summed E-state index contributed by atoms with van der Waals surface area (Å²) in [7, 11) is 0. The molecule has 0 N–H and O–H groups in total. The minimum atomic E-state index is -0.113. The molecule has 0 amide bonds. The molecule has 0 aliphatic heterocycles. The number of hydrogen-bond donors (Lipinski definition) is 0. The van der Waals surface area contributed by atoms with Gasteiger partial charge in [-0.1, -0.05) is 36.4 Å². The van der Waals surface area contributed by atoms with Crippen molar-refractivity contribution in [1.82, 2.24) is 0 Å². The van der Waals surface area contributed by atoms with Gasteiger partial charge in [0.2, 0.25) is 0 Å². The summed E-state index contributed by atoms with van der Waals surface area (Å²) >= 11 is 0. The molecule has 0 aliphatic carbocycles. The molecule has 0 aliphatic rings.